The summed E-state index contributed by atoms with van der Waals surface area (Å²) in [6.07, 6.45) is 3.75. The molecule has 3 aromatic rings. The highest BCUT2D eigenvalue weighted by Gasteiger charge is 2.08. The van der Waals surface area contributed by atoms with Crippen LogP contribution in [0.15, 0.2) is 42.6 Å². The molecule has 0 atom stereocenters. The Morgan fingerprint density at radius 2 is 2.00 bits per heavy atom. The van der Waals surface area contributed by atoms with Crippen LogP contribution in [0.5, 0.6) is 5.75 Å². The number of nitrogen functional groups attached to an aromatic ring is 1. The number of hydrogen-bond donors (Lipinski definition) is 2. The molecule has 2 aromatic heterocycles. The standard InChI is InChI=1S/C18H21N5O/c1-2-3-10-20-17-16(11-21-18(19)23-17)24-12-14-9-8-13-6-4-5-7-15(13)22-14/h4-9,11H,2-3,10,12H2,1H3,(H3,19,20,21,23). The van der Waals surface area contributed by atoms with E-state index in [9.17, 15) is 0 Å². The Labute approximate surface area is 141 Å². The number of anilines is 2. The van der Waals surface area contributed by atoms with E-state index < -0.39 is 0 Å². The number of unbranched alkanes of at least 4 members (excludes halogenated alkanes) is 1. The molecule has 3 N–H and O–H groups in total. The summed E-state index contributed by atoms with van der Waals surface area (Å²) in [5.74, 6) is 1.43. The van der Waals surface area contributed by atoms with Gasteiger partial charge < -0.3 is 15.8 Å². The van der Waals surface area contributed by atoms with Gasteiger partial charge in [0.25, 0.3) is 0 Å². The molecule has 1 aromatic carbocycles. The van der Waals surface area contributed by atoms with Crippen molar-refractivity contribution in [1.82, 2.24) is 15.0 Å². The first-order chi connectivity index (χ1) is 11.8. The molecule has 6 heteroatoms. The molecule has 0 spiro atoms. The quantitative estimate of drug-likeness (QED) is 0.648. The number of fused-ring (bicyclic) bond motifs is 1. The molecule has 2 heterocycles. The first kappa shape index (κ1) is 16.0. The molecule has 3 rings (SSSR count). The lowest BCUT2D eigenvalue weighted by atomic mass is 10.2. The summed E-state index contributed by atoms with van der Waals surface area (Å²) in [7, 11) is 0. The highest BCUT2D eigenvalue weighted by Crippen LogP contribution is 2.23. The second kappa shape index (κ2) is 7.59. The van der Waals surface area contributed by atoms with Crippen molar-refractivity contribution >= 4 is 22.7 Å². The first-order valence-corrected chi connectivity index (χ1v) is 8.10. The van der Waals surface area contributed by atoms with Gasteiger partial charge in [0.1, 0.15) is 6.61 Å². The summed E-state index contributed by atoms with van der Waals surface area (Å²) in [5.41, 5.74) is 7.48. The van der Waals surface area contributed by atoms with Crippen LogP contribution in [0.4, 0.5) is 11.8 Å². The van der Waals surface area contributed by atoms with Crippen LogP contribution in [-0.2, 0) is 6.61 Å². The van der Waals surface area contributed by atoms with Crippen LogP contribution in [0.3, 0.4) is 0 Å². The van der Waals surface area contributed by atoms with Crippen molar-refractivity contribution < 1.29 is 4.74 Å². The van der Waals surface area contributed by atoms with E-state index in [2.05, 4.69) is 27.2 Å². The van der Waals surface area contributed by atoms with Crippen molar-refractivity contribution in [1.29, 1.82) is 0 Å². The van der Waals surface area contributed by atoms with Crippen LogP contribution in [0.2, 0.25) is 0 Å². The highest BCUT2D eigenvalue weighted by atomic mass is 16.5. The molecule has 0 aliphatic rings. The minimum absolute atomic E-state index is 0.227. The zero-order valence-electron chi connectivity index (χ0n) is 13.7. The van der Waals surface area contributed by atoms with Gasteiger partial charge in [-0.15, -0.1) is 0 Å². The predicted octanol–water partition coefficient (Wildman–Crippen LogP) is 3.40. The van der Waals surface area contributed by atoms with E-state index in [4.69, 9.17) is 10.5 Å². The number of aromatic nitrogens is 3. The number of nitrogens with one attached hydrogen (secondary N) is 1. The van der Waals surface area contributed by atoms with Crippen molar-refractivity contribution in [3.8, 4) is 5.75 Å². The zero-order chi connectivity index (χ0) is 16.8. The predicted molar refractivity (Wildman–Crippen MR) is 95.9 cm³/mol. The molecule has 0 amide bonds. The number of benzene rings is 1. The average Bonchev–Trinajstić information content (AvgIpc) is 2.61. The topological polar surface area (TPSA) is 86.0 Å². The lowest BCUT2D eigenvalue weighted by Gasteiger charge is -2.12. The van der Waals surface area contributed by atoms with Gasteiger partial charge in [0.2, 0.25) is 5.95 Å². The molecule has 6 nitrogen and oxygen atoms in total. The van der Waals surface area contributed by atoms with E-state index in [1.807, 2.05) is 36.4 Å². The van der Waals surface area contributed by atoms with E-state index in [1.165, 1.54) is 0 Å². The minimum atomic E-state index is 0.227. The SMILES string of the molecule is CCCCNc1nc(N)ncc1OCc1ccc2ccccc2n1. The Balaban J connectivity index is 1.72. The fourth-order valence-corrected chi connectivity index (χ4v) is 2.34. The smallest absolute Gasteiger partial charge is 0.222 e. The van der Waals surface area contributed by atoms with Gasteiger partial charge in [-0.05, 0) is 18.6 Å². The average molecular weight is 323 g/mol. The minimum Gasteiger partial charge on any atom is -0.482 e. The molecular formula is C18H21N5O. The van der Waals surface area contributed by atoms with Gasteiger partial charge in [0.05, 0.1) is 17.4 Å². The molecular weight excluding hydrogens is 302 g/mol. The first-order valence-electron chi connectivity index (χ1n) is 8.10. The third-order valence-corrected chi connectivity index (χ3v) is 3.63. The summed E-state index contributed by atoms with van der Waals surface area (Å²) in [5, 5.41) is 4.35. The number of hydrogen-bond acceptors (Lipinski definition) is 6. The summed E-state index contributed by atoms with van der Waals surface area (Å²) in [6, 6.07) is 12.0. The number of pyridine rings is 1. The maximum Gasteiger partial charge on any atom is 0.222 e. The maximum atomic E-state index is 5.85. The molecule has 0 aliphatic heterocycles. The highest BCUT2D eigenvalue weighted by molar-refractivity contribution is 5.78. The van der Waals surface area contributed by atoms with Crippen molar-refractivity contribution in [3.63, 3.8) is 0 Å². The van der Waals surface area contributed by atoms with Crippen LogP contribution >= 0.6 is 0 Å². The molecule has 124 valence electrons. The maximum absolute atomic E-state index is 5.85. The number of nitrogens with two attached hydrogens (primary N) is 1. The van der Waals surface area contributed by atoms with E-state index >= 15 is 0 Å². The van der Waals surface area contributed by atoms with Crippen LogP contribution in [-0.4, -0.2) is 21.5 Å². The summed E-state index contributed by atoms with van der Waals surface area (Å²) in [4.78, 5) is 12.8. The van der Waals surface area contributed by atoms with E-state index in [-0.39, 0.29) is 5.95 Å². The normalized spacial score (nSPS) is 10.7. The number of nitrogens with zero attached hydrogens (tertiary/aromatic N) is 3. The third kappa shape index (κ3) is 3.90. The van der Waals surface area contributed by atoms with E-state index in [1.54, 1.807) is 6.20 Å². The molecule has 0 radical (unpaired) electrons. The van der Waals surface area contributed by atoms with Crippen LogP contribution in [0, 0.1) is 0 Å². The van der Waals surface area contributed by atoms with Gasteiger partial charge in [-0.3, -0.25) is 0 Å². The van der Waals surface area contributed by atoms with Gasteiger partial charge in [0.15, 0.2) is 11.6 Å². The molecule has 24 heavy (non-hydrogen) atoms. The Kier molecular flexibility index (Phi) is 5.05. The van der Waals surface area contributed by atoms with Crippen LogP contribution < -0.4 is 15.8 Å². The molecule has 0 fully saturated rings. The van der Waals surface area contributed by atoms with Crippen molar-refractivity contribution in [3.05, 3.63) is 48.3 Å². The molecule has 0 aliphatic carbocycles. The second-order valence-electron chi connectivity index (χ2n) is 5.51. The Bertz CT molecular complexity index is 821. The molecule has 0 saturated heterocycles. The van der Waals surface area contributed by atoms with Crippen molar-refractivity contribution in [2.24, 2.45) is 0 Å². The Hall–Kier alpha value is -2.89. The van der Waals surface area contributed by atoms with Gasteiger partial charge in [-0.2, -0.15) is 4.98 Å². The van der Waals surface area contributed by atoms with E-state index in [0.717, 1.165) is 36.0 Å². The monoisotopic (exact) mass is 323 g/mol. The van der Waals surface area contributed by atoms with Crippen molar-refractivity contribution in [2.75, 3.05) is 17.6 Å². The molecule has 0 saturated carbocycles. The number of ether oxygens (including phenoxy) is 1. The number of para-hydroxylation sites is 1. The van der Waals surface area contributed by atoms with Gasteiger partial charge >= 0.3 is 0 Å². The summed E-state index contributed by atoms with van der Waals surface area (Å²) < 4.78 is 5.85. The third-order valence-electron chi connectivity index (χ3n) is 3.63. The summed E-state index contributed by atoms with van der Waals surface area (Å²) >= 11 is 0. The Morgan fingerprint density at radius 1 is 1.12 bits per heavy atom. The van der Waals surface area contributed by atoms with Gasteiger partial charge in [-0.25, -0.2) is 9.97 Å². The summed E-state index contributed by atoms with van der Waals surface area (Å²) in [6.45, 7) is 3.30. The number of rotatable bonds is 7. The van der Waals surface area contributed by atoms with Crippen LogP contribution in [0.1, 0.15) is 25.5 Å². The Morgan fingerprint density at radius 3 is 2.88 bits per heavy atom. The zero-order valence-corrected chi connectivity index (χ0v) is 13.7. The fraction of sp³-hybridized carbons (Fsp3) is 0.278. The van der Waals surface area contributed by atoms with Gasteiger partial charge in [-0.1, -0.05) is 37.6 Å². The lowest BCUT2D eigenvalue weighted by Crippen LogP contribution is -2.09. The lowest BCUT2D eigenvalue weighted by molar-refractivity contribution is 0.301. The molecule has 0 unspecified atom stereocenters. The largest absolute Gasteiger partial charge is 0.482 e. The van der Waals surface area contributed by atoms with E-state index in [0.29, 0.717) is 18.2 Å². The van der Waals surface area contributed by atoms with Crippen LogP contribution in [0.25, 0.3) is 10.9 Å². The van der Waals surface area contributed by atoms with Gasteiger partial charge in [0, 0.05) is 11.9 Å². The van der Waals surface area contributed by atoms with Crippen molar-refractivity contribution in [2.45, 2.75) is 26.4 Å². The molecule has 0 bridgehead atoms. The fourth-order valence-electron chi connectivity index (χ4n) is 2.34. The second-order valence-corrected chi connectivity index (χ2v) is 5.51.